The molecule has 0 saturated carbocycles. The van der Waals surface area contributed by atoms with Gasteiger partial charge >= 0.3 is 0 Å². The number of rotatable bonds is 2. The molecule has 0 spiro atoms. The Labute approximate surface area is 142 Å². The fourth-order valence-electron chi connectivity index (χ4n) is 2.54. The van der Waals surface area contributed by atoms with Crippen LogP contribution in [0.3, 0.4) is 0 Å². The highest BCUT2D eigenvalue weighted by molar-refractivity contribution is 5.94. The average molecular weight is 344 g/mol. The van der Waals surface area contributed by atoms with Gasteiger partial charge in [0.15, 0.2) is 0 Å². The fourth-order valence-corrected chi connectivity index (χ4v) is 2.54. The van der Waals surface area contributed by atoms with Crippen LogP contribution in [0.25, 0.3) is 0 Å². The number of amides is 2. The van der Waals surface area contributed by atoms with Gasteiger partial charge in [-0.05, 0) is 38.5 Å². The molecule has 128 valence electrons. The van der Waals surface area contributed by atoms with Crippen molar-refractivity contribution in [1.29, 1.82) is 0 Å². The average Bonchev–Trinajstić information content (AvgIpc) is 2.70. The molecule has 1 aromatic carbocycles. The minimum atomic E-state index is -0.915. The molecule has 1 aliphatic rings. The summed E-state index contributed by atoms with van der Waals surface area (Å²) in [7, 11) is 0. The maximum absolute atomic E-state index is 13.2. The Morgan fingerprint density at radius 2 is 1.74 bits per heavy atom. The van der Waals surface area contributed by atoms with E-state index in [1.807, 2.05) is 0 Å². The standard InChI is InChI=1S/C16H22FN3O2.ClH/c1-16(2,18)15(22)20-8-4-7-19(9-10-20)14(21)12-5-3-6-13(17)11-12;/h3,5-6,11H,4,7-10,18H2,1-2H3;1H. The highest BCUT2D eigenvalue weighted by Crippen LogP contribution is 2.13. The summed E-state index contributed by atoms with van der Waals surface area (Å²) in [6, 6.07) is 5.66. The SMILES string of the molecule is CC(C)(N)C(=O)N1CCCN(C(=O)c2cccc(F)c2)CC1.Cl. The van der Waals surface area contributed by atoms with Crippen molar-refractivity contribution in [2.75, 3.05) is 26.2 Å². The third kappa shape index (κ3) is 4.91. The number of nitrogens with two attached hydrogens (primary N) is 1. The van der Waals surface area contributed by atoms with Crippen molar-refractivity contribution in [3.8, 4) is 0 Å². The van der Waals surface area contributed by atoms with Crippen molar-refractivity contribution in [1.82, 2.24) is 9.80 Å². The first-order valence-corrected chi connectivity index (χ1v) is 7.42. The molecule has 0 aromatic heterocycles. The van der Waals surface area contributed by atoms with Crippen LogP contribution in [0.15, 0.2) is 24.3 Å². The lowest BCUT2D eigenvalue weighted by atomic mass is 10.1. The molecule has 2 amide bonds. The van der Waals surface area contributed by atoms with Crippen LogP contribution in [0, 0.1) is 5.82 Å². The summed E-state index contributed by atoms with van der Waals surface area (Å²) in [5.41, 5.74) is 5.27. The second kappa shape index (κ2) is 7.75. The topological polar surface area (TPSA) is 66.6 Å². The predicted molar refractivity (Wildman–Crippen MR) is 89.0 cm³/mol. The van der Waals surface area contributed by atoms with Crippen LogP contribution >= 0.6 is 12.4 Å². The lowest BCUT2D eigenvalue weighted by Gasteiger charge is -2.28. The molecule has 1 aliphatic heterocycles. The van der Waals surface area contributed by atoms with Gasteiger partial charge in [-0.25, -0.2) is 4.39 Å². The molecule has 1 heterocycles. The van der Waals surface area contributed by atoms with Gasteiger partial charge in [0, 0.05) is 31.7 Å². The first kappa shape index (κ1) is 19.4. The van der Waals surface area contributed by atoms with Crippen molar-refractivity contribution in [2.24, 2.45) is 5.73 Å². The van der Waals surface area contributed by atoms with E-state index in [1.54, 1.807) is 29.7 Å². The van der Waals surface area contributed by atoms with Gasteiger partial charge < -0.3 is 15.5 Å². The molecule has 0 aliphatic carbocycles. The predicted octanol–water partition coefficient (Wildman–Crippen LogP) is 1.66. The molecular formula is C16H23ClFN3O2. The summed E-state index contributed by atoms with van der Waals surface area (Å²) >= 11 is 0. The van der Waals surface area contributed by atoms with Gasteiger partial charge in [-0.15, -0.1) is 12.4 Å². The number of hydrogen-bond donors (Lipinski definition) is 1. The van der Waals surface area contributed by atoms with E-state index in [1.165, 1.54) is 18.2 Å². The largest absolute Gasteiger partial charge is 0.339 e. The smallest absolute Gasteiger partial charge is 0.254 e. The van der Waals surface area contributed by atoms with Crippen LogP contribution in [0.2, 0.25) is 0 Å². The minimum Gasteiger partial charge on any atom is -0.339 e. The molecule has 1 aromatic rings. The highest BCUT2D eigenvalue weighted by atomic mass is 35.5. The van der Waals surface area contributed by atoms with Crippen molar-refractivity contribution in [3.05, 3.63) is 35.6 Å². The normalized spacial score (nSPS) is 15.7. The second-order valence-electron chi connectivity index (χ2n) is 6.17. The van der Waals surface area contributed by atoms with Gasteiger partial charge in [0.2, 0.25) is 5.91 Å². The lowest BCUT2D eigenvalue weighted by molar-refractivity contribution is -0.135. The molecule has 7 heteroatoms. The van der Waals surface area contributed by atoms with Crippen LogP contribution < -0.4 is 5.73 Å². The second-order valence-corrected chi connectivity index (χ2v) is 6.17. The molecule has 0 unspecified atom stereocenters. The molecule has 1 fully saturated rings. The van der Waals surface area contributed by atoms with Crippen LogP contribution in [-0.4, -0.2) is 53.3 Å². The quantitative estimate of drug-likeness (QED) is 0.888. The first-order chi connectivity index (χ1) is 10.3. The number of benzene rings is 1. The van der Waals surface area contributed by atoms with Crippen LogP contribution in [-0.2, 0) is 4.79 Å². The van der Waals surface area contributed by atoms with E-state index in [2.05, 4.69) is 0 Å². The van der Waals surface area contributed by atoms with Gasteiger partial charge in [-0.1, -0.05) is 6.07 Å². The maximum Gasteiger partial charge on any atom is 0.254 e. The Kier molecular flexibility index (Phi) is 6.53. The number of carbonyl (C=O) groups excluding carboxylic acids is 2. The lowest BCUT2D eigenvalue weighted by Crippen LogP contribution is -2.52. The fraction of sp³-hybridized carbons (Fsp3) is 0.500. The Morgan fingerprint density at radius 3 is 2.35 bits per heavy atom. The maximum atomic E-state index is 13.2. The van der Waals surface area contributed by atoms with Crippen molar-refractivity contribution in [3.63, 3.8) is 0 Å². The van der Waals surface area contributed by atoms with Crippen molar-refractivity contribution in [2.45, 2.75) is 25.8 Å². The monoisotopic (exact) mass is 343 g/mol. The van der Waals surface area contributed by atoms with E-state index in [0.717, 1.165) is 0 Å². The molecule has 2 rings (SSSR count). The Bertz CT molecular complexity index is 575. The van der Waals surface area contributed by atoms with Crippen LogP contribution in [0.5, 0.6) is 0 Å². The zero-order valence-electron chi connectivity index (χ0n) is 13.4. The number of nitrogens with zero attached hydrogens (tertiary/aromatic N) is 2. The molecule has 23 heavy (non-hydrogen) atoms. The van der Waals surface area contributed by atoms with Crippen LogP contribution in [0.1, 0.15) is 30.6 Å². The number of carbonyl (C=O) groups is 2. The first-order valence-electron chi connectivity index (χ1n) is 7.42. The van der Waals surface area contributed by atoms with Gasteiger partial charge in [0.05, 0.1) is 5.54 Å². The van der Waals surface area contributed by atoms with Gasteiger partial charge in [0.1, 0.15) is 5.82 Å². The van der Waals surface area contributed by atoms with Gasteiger partial charge in [-0.2, -0.15) is 0 Å². The molecular weight excluding hydrogens is 321 g/mol. The number of halogens is 2. The van der Waals surface area contributed by atoms with Gasteiger partial charge in [0.25, 0.3) is 5.91 Å². The Morgan fingerprint density at radius 1 is 1.13 bits per heavy atom. The zero-order valence-corrected chi connectivity index (χ0v) is 14.2. The molecule has 0 bridgehead atoms. The zero-order chi connectivity index (χ0) is 16.3. The van der Waals surface area contributed by atoms with E-state index >= 15 is 0 Å². The third-order valence-electron chi connectivity index (χ3n) is 3.69. The summed E-state index contributed by atoms with van der Waals surface area (Å²) < 4.78 is 13.2. The Hall–Kier alpha value is -1.66. The summed E-state index contributed by atoms with van der Waals surface area (Å²) in [6.07, 6.45) is 0.683. The van der Waals surface area contributed by atoms with Gasteiger partial charge in [-0.3, -0.25) is 9.59 Å². The molecule has 0 atom stereocenters. The molecule has 1 saturated heterocycles. The van der Waals surface area contributed by atoms with E-state index < -0.39 is 11.4 Å². The summed E-state index contributed by atoms with van der Waals surface area (Å²) in [6.45, 7) is 5.35. The number of hydrogen-bond acceptors (Lipinski definition) is 3. The van der Waals surface area contributed by atoms with E-state index in [9.17, 15) is 14.0 Å². The van der Waals surface area contributed by atoms with Crippen molar-refractivity contribution >= 4 is 24.2 Å². The highest BCUT2D eigenvalue weighted by Gasteiger charge is 2.30. The van der Waals surface area contributed by atoms with Crippen LogP contribution in [0.4, 0.5) is 4.39 Å². The minimum absolute atomic E-state index is 0. The van der Waals surface area contributed by atoms with Crippen molar-refractivity contribution < 1.29 is 14.0 Å². The molecule has 5 nitrogen and oxygen atoms in total. The third-order valence-corrected chi connectivity index (χ3v) is 3.69. The Balaban J connectivity index is 0.00000264. The molecule has 2 N–H and O–H groups in total. The van der Waals surface area contributed by atoms with E-state index in [0.29, 0.717) is 38.2 Å². The van der Waals surface area contributed by atoms with E-state index in [4.69, 9.17) is 5.73 Å². The molecule has 0 radical (unpaired) electrons. The van der Waals surface area contributed by atoms with E-state index in [-0.39, 0.29) is 24.2 Å². The summed E-state index contributed by atoms with van der Waals surface area (Å²) in [5.74, 6) is -0.754. The summed E-state index contributed by atoms with van der Waals surface area (Å²) in [5, 5.41) is 0. The summed E-state index contributed by atoms with van der Waals surface area (Å²) in [4.78, 5) is 28.0.